The van der Waals surface area contributed by atoms with Crippen molar-refractivity contribution in [3.8, 4) is 0 Å². The molecule has 0 spiro atoms. The molecule has 0 bridgehead atoms. The molecule has 2 fully saturated rings. The minimum absolute atomic E-state index is 0.168. The molecule has 3 rings (SSSR count). The van der Waals surface area contributed by atoms with Gasteiger partial charge >= 0.3 is 0 Å². The fraction of sp³-hybridized carbons (Fsp3) is 0.714. The van der Waals surface area contributed by atoms with Crippen molar-refractivity contribution in [3.63, 3.8) is 0 Å². The van der Waals surface area contributed by atoms with Crippen molar-refractivity contribution in [1.82, 2.24) is 14.8 Å². The molecule has 0 aromatic carbocycles. The Labute approximate surface area is 123 Å². The molecule has 1 unspecified atom stereocenters. The summed E-state index contributed by atoms with van der Waals surface area (Å²) in [4.78, 5) is 21.1. The van der Waals surface area contributed by atoms with Crippen molar-refractivity contribution in [3.05, 3.63) is 16.1 Å². The molecule has 2 saturated heterocycles. The molecule has 1 atom stereocenters. The SMILES string of the molecule is Cc1nc(CN2CCOC(C(=O)N3CCCC3)C2)cs1. The summed E-state index contributed by atoms with van der Waals surface area (Å²) >= 11 is 1.68. The summed E-state index contributed by atoms with van der Waals surface area (Å²) < 4.78 is 5.67. The van der Waals surface area contributed by atoms with Crippen molar-refractivity contribution in [2.24, 2.45) is 0 Å². The number of carbonyl (C=O) groups excluding carboxylic acids is 1. The normalized spacial score (nSPS) is 24.2. The van der Waals surface area contributed by atoms with Crippen LogP contribution in [0, 0.1) is 6.92 Å². The minimum Gasteiger partial charge on any atom is -0.366 e. The Hall–Kier alpha value is -0.980. The maximum Gasteiger partial charge on any atom is 0.253 e. The molecule has 1 aromatic heterocycles. The lowest BCUT2D eigenvalue weighted by Crippen LogP contribution is -2.50. The van der Waals surface area contributed by atoms with Crippen molar-refractivity contribution >= 4 is 17.2 Å². The first-order valence-electron chi connectivity index (χ1n) is 7.26. The standard InChI is InChI=1S/C14H21N3O2S/c1-11-15-12(10-20-11)8-16-6-7-19-13(9-16)14(18)17-4-2-3-5-17/h10,13H,2-9H2,1H3. The third-order valence-corrected chi connectivity index (χ3v) is 4.72. The zero-order chi connectivity index (χ0) is 13.9. The van der Waals surface area contributed by atoms with E-state index in [-0.39, 0.29) is 12.0 Å². The number of aryl methyl sites for hydroxylation is 1. The molecular weight excluding hydrogens is 274 g/mol. The van der Waals surface area contributed by atoms with Crippen molar-refractivity contribution in [1.29, 1.82) is 0 Å². The molecule has 1 aromatic rings. The predicted molar refractivity (Wildman–Crippen MR) is 77.7 cm³/mol. The molecule has 5 nitrogen and oxygen atoms in total. The Balaban J connectivity index is 1.57. The van der Waals surface area contributed by atoms with Gasteiger partial charge in [0.1, 0.15) is 6.10 Å². The highest BCUT2D eigenvalue weighted by Gasteiger charge is 2.31. The third-order valence-electron chi connectivity index (χ3n) is 3.90. The zero-order valence-electron chi connectivity index (χ0n) is 11.9. The lowest BCUT2D eigenvalue weighted by molar-refractivity contribution is -0.148. The van der Waals surface area contributed by atoms with E-state index in [0.717, 1.165) is 49.7 Å². The molecule has 110 valence electrons. The minimum atomic E-state index is -0.290. The number of morpholine rings is 1. The summed E-state index contributed by atoms with van der Waals surface area (Å²) in [6.45, 7) is 6.82. The quantitative estimate of drug-likeness (QED) is 0.842. The lowest BCUT2D eigenvalue weighted by atomic mass is 10.2. The molecule has 20 heavy (non-hydrogen) atoms. The Morgan fingerprint density at radius 1 is 1.45 bits per heavy atom. The lowest BCUT2D eigenvalue weighted by Gasteiger charge is -2.33. The van der Waals surface area contributed by atoms with Crippen LogP contribution >= 0.6 is 11.3 Å². The van der Waals surface area contributed by atoms with E-state index in [9.17, 15) is 4.79 Å². The molecule has 0 saturated carbocycles. The number of nitrogens with zero attached hydrogens (tertiary/aromatic N) is 3. The Morgan fingerprint density at radius 3 is 2.95 bits per heavy atom. The molecule has 0 radical (unpaired) electrons. The van der Waals surface area contributed by atoms with Gasteiger partial charge in [-0.2, -0.15) is 0 Å². The average molecular weight is 295 g/mol. The van der Waals surface area contributed by atoms with E-state index in [1.54, 1.807) is 11.3 Å². The van der Waals surface area contributed by atoms with Crippen LogP contribution in [0.5, 0.6) is 0 Å². The number of rotatable bonds is 3. The second kappa shape index (κ2) is 6.20. The van der Waals surface area contributed by atoms with Crippen LogP contribution in [0.2, 0.25) is 0 Å². The van der Waals surface area contributed by atoms with Gasteiger partial charge in [0.2, 0.25) is 0 Å². The van der Waals surface area contributed by atoms with Gasteiger partial charge < -0.3 is 9.64 Å². The Bertz CT molecular complexity index is 471. The van der Waals surface area contributed by atoms with E-state index in [1.807, 2.05) is 11.8 Å². The highest BCUT2D eigenvalue weighted by atomic mass is 32.1. The predicted octanol–water partition coefficient (Wildman–Crippen LogP) is 1.27. The van der Waals surface area contributed by atoms with Crippen LogP contribution in [0.1, 0.15) is 23.5 Å². The van der Waals surface area contributed by atoms with E-state index in [1.165, 1.54) is 0 Å². The Morgan fingerprint density at radius 2 is 2.25 bits per heavy atom. The molecule has 0 aliphatic carbocycles. The second-order valence-corrected chi connectivity index (χ2v) is 6.55. The number of amides is 1. The number of thiazole rings is 1. The van der Waals surface area contributed by atoms with Crippen LogP contribution in [0.25, 0.3) is 0 Å². The molecule has 2 aliphatic rings. The molecule has 2 aliphatic heterocycles. The summed E-state index contributed by atoms with van der Waals surface area (Å²) in [5.41, 5.74) is 1.10. The van der Waals surface area contributed by atoms with E-state index in [0.29, 0.717) is 13.2 Å². The van der Waals surface area contributed by atoms with Gasteiger partial charge in [-0.3, -0.25) is 9.69 Å². The molecule has 0 N–H and O–H groups in total. The first kappa shape index (κ1) is 14.0. The summed E-state index contributed by atoms with van der Waals surface area (Å²) in [6.07, 6.45) is 1.96. The molecule has 1 amide bonds. The highest BCUT2D eigenvalue weighted by molar-refractivity contribution is 7.09. The maximum absolute atomic E-state index is 12.4. The van der Waals surface area contributed by atoms with Crippen LogP contribution in [-0.4, -0.2) is 59.6 Å². The maximum atomic E-state index is 12.4. The van der Waals surface area contributed by atoms with Crippen LogP contribution in [0.4, 0.5) is 0 Å². The number of hydrogen-bond acceptors (Lipinski definition) is 5. The van der Waals surface area contributed by atoms with Crippen molar-refractivity contribution < 1.29 is 9.53 Å². The fourth-order valence-corrected chi connectivity index (χ4v) is 3.45. The van der Waals surface area contributed by atoms with E-state index in [2.05, 4.69) is 15.3 Å². The number of carbonyl (C=O) groups is 1. The van der Waals surface area contributed by atoms with Gasteiger partial charge in [0.25, 0.3) is 5.91 Å². The summed E-state index contributed by atoms with van der Waals surface area (Å²) in [5.74, 6) is 0.168. The fourth-order valence-electron chi connectivity index (χ4n) is 2.85. The highest BCUT2D eigenvalue weighted by Crippen LogP contribution is 2.16. The first-order valence-corrected chi connectivity index (χ1v) is 8.14. The molecule has 6 heteroatoms. The van der Waals surface area contributed by atoms with Gasteiger partial charge in [-0.1, -0.05) is 0 Å². The van der Waals surface area contributed by atoms with Gasteiger partial charge in [0, 0.05) is 38.1 Å². The van der Waals surface area contributed by atoms with Crippen LogP contribution in [-0.2, 0) is 16.1 Å². The van der Waals surface area contributed by atoms with E-state index in [4.69, 9.17) is 4.74 Å². The molecule has 3 heterocycles. The number of ether oxygens (including phenoxy) is 1. The van der Waals surface area contributed by atoms with Crippen LogP contribution < -0.4 is 0 Å². The van der Waals surface area contributed by atoms with E-state index >= 15 is 0 Å². The zero-order valence-corrected chi connectivity index (χ0v) is 12.7. The van der Waals surface area contributed by atoms with Crippen molar-refractivity contribution in [2.45, 2.75) is 32.4 Å². The summed E-state index contributed by atoms with van der Waals surface area (Å²) in [7, 11) is 0. The monoisotopic (exact) mass is 295 g/mol. The summed E-state index contributed by atoms with van der Waals surface area (Å²) in [5, 5.41) is 3.19. The van der Waals surface area contributed by atoms with E-state index < -0.39 is 0 Å². The van der Waals surface area contributed by atoms with Gasteiger partial charge in [-0.15, -0.1) is 11.3 Å². The van der Waals surface area contributed by atoms with Gasteiger partial charge in [-0.05, 0) is 19.8 Å². The largest absolute Gasteiger partial charge is 0.366 e. The third kappa shape index (κ3) is 3.19. The van der Waals surface area contributed by atoms with Gasteiger partial charge in [0.15, 0.2) is 0 Å². The van der Waals surface area contributed by atoms with Gasteiger partial charge in [0.05, 0.1) is 17.3 Å². The number of likely N-dealkylation sites (tertiary alicyclic amines) is 1. The van der Waals surface area contributed by atoms with Crippen molar-refractivity contribution in [2.75, 3.05) is 32.8 Å². The Kier molecular flexibility index (Phi) is 4.33. The van der Waals surface area contributed by atoms with Crippen LogP contribution in [0.3, 0.4) is 0 Å². The smallest absolute Gasteiger partial charge is 0.253 e. The second-order valence-electron chi connectivity index (χ2n) is 5.48. The average Bonchev–Trinajstić information content (AvgIpc) is 3.10. The topological polar surface area (TPSA) is 45.7 Å². The molecular formula is C14H21N3O2S. The first-order chi connectivity index (χ1) is 9.72. The van der Waals surface area contributed by atoms with Crippen LogP contribution in [0.15, 0.2) is 5.38 Å². The van der Waals surface area contributed by atoms with Gasteiger partial charge in [-0.25, -0.2) is 4.98 Å². The number of hydrogen-bond donors (Lipinski definition) is 0. The summed E-state index contributed by atoms with van der Waals surface area (Å²) in [6, 6.07) is 0. The number of aromatic nitrogens is 1.